The van der Waals surface area contributed by atoms with Crippen LogP contribution >= 0.6 is 0 Å². The first-order valence-electron chi connectivity index (χ1n) is 5.96. The number of piperidine rings is 1. The number of hydrogen-bond donors (Lipinski definition) is 1. The Morgan fingerprint density at radius 2 is 1.81 bits per heavy atom. The Kier molecular flexibility index (Phi) is 4.33. The number of hydrogen-bond acceptors (Lipinski definition) is 2. The molecule has 0 aromatic heterocycles. The molecule has 1 fully saturated rings. The molecule has 1 N–H and O–H groups in total. The van der Waals surface area contributed by atoms with E-state index in [0.29, 0.717) is 0 Å². The molecule has 1 heterocycles. The molecule has 0 saturated carbocycles. The van der Waals surface area contributed by atoms with Gasteiger partial charge in [-0.15, -0.1) is 0 Å². The van der Waals surface area contributed by atoms with Crippen molar-refractivity contribution < 1.29 is 9.90 Å². The number of likely N-dealkylation sites (tertiary alicyclic amines) is 1. The summed E-state index contributed by atoms with van der Waals surface area (Å²) in [6.45, 7) is 7.53. The maximum absolute atomic E-state index is 11.9. The number of carbonyl (C=O) groups excluding carboxylic acids is 1. The zero-order valence-corrected chi connectivity index (χ0v) is 10.7. The summed E-state index contributed by atoms with van der Waals surface area (Å²) in [5.41, 5.74) is -0.314. The molecule has 0 aliphatic carbocycles. The predicted octanol–water partition coefficient (Wildman–Crippen LogP) is 1.04. The molecule has 16 heavy (non-hydrogen) atoms. The van der Waals surface area contributed by atoms with Crippen LogP contribution in [0.1, 0.15) is 33.6 Å². The fraction of sp³-hybridized carbons (Fsp3) is 0.917. The Morgan fingerprint density at radius 1 is 1.31 bits per heavy atom. The predicted molar refractivity (Wildman–Crippen MR) is 62.6 cm³/mol. The summed E-state index contributed by atoms with van der Waals surface area (Å²) in [6.07, 6.45) is 0.567. The molecule has 0 bridgehead atoms. The first-order chi connectivity index (χ1) is 7.29. The van der Waals surface area contributed by atoms with Crippen LogP contribution in [0.3, 0.4) is 0 Å². The Balaban J connectivity index is 2.45. The zero-order chi connectivity index (χ0) is 12.3. The molecule has 1 saturated heterocycles. The third kappa shape index (κ3) is 4.10. The lowest BCUT2D eigenvalue weighted by atomic mass is 9.90. The fourth-order valence-corrected chi connectivity index (χ4v) is 1.99. The molecular weight excluding hydrogens is 204 g/mol. The van der Waals surface area contributed by atoms with Crippen molar-refractivity contribution >= 4 is 5.91 Å². The zero-order valence-electron chi connectivity index (χ0n) is 10.7. The summed E-state index contributed by atoms with van der Waals surface area (Å²) < 4.78 is 0. The van der Waals surface area contributed by atoms with E-state index in [1.54, 1.807) is 0 Å². The van der Waals surface area contributed by atoms with Crippen molar-refractivity contribution in [2.24, 2.45) is 5.92 Å². The van der Waals surface area contributed by atoms with Gasteiger partial charge >= 0.3 is 0 Å². The lowest BCUT2D eigenvalue weighted by Gasteiger charge is -2.31. The smallest absolute Gasteiger partial charge is 0.253 e. The number of nitrogens with one attached hydrogen (secondary N) is 1. The van der Waals surface area contributed by atoms with E-state index >= 15 is 0 Å². The lowest BCUT2D eigenvalue weighted by Crippen LogP contribution is -2.49. The van der Waals surface area contributed by atoms with Crippen LogP contribution in [-0.4, -0.2) is 42.6 Å². The van der Waals surface area contributed by atoms with Crippen molar-refractivity contribution in [1.82, 2.24) is 10.2 Å². The van der Waals surface area contributed by atoms with Crippen LogP contribution in [0, 0.1) is 5.92 Å². The second kappa shape index (κ2) is 5.15. The molecule has 1 aliphatic rings. The minimum atomic E-state index is -1.10. The summed E-state index contributed by atoms with van der Waals surface area (Å²) in [4.78, 5) is 13.9. The van der Waals surface area contributed by atoms with E-state index in [-0.39, 0.29) is 17.4 Å². The van der Waals surface area contributed by atoms with Gasteiger partial charge in [0.1, 0.15) is 0 Å². The Bertz CT molecular complexity index is 240. The molecule has 93 valence electrons. The van der Waals surface area contributed by atoms with Gasteiger partial charge in [-0.2, -0.15) is 0 Å². The molecule has 1 amide bonds. The van der Waals surface area contributed by atoms with E-state index in [9.17, 15) is 9.90 Å². The van der Waals surface area contributed by atoms with Gasteiger partial charge in [0.25, 0.3) is 5.91 Å². The molecule has 0 spiro atoms. The molecule has 1 rings (SSSR count). The summed E-state index contributed by atoms with van der Waals surface area (Å²) >= 11 is 0. The number of carbonyl (C=O) groups is 1. The van der Waals surface area contributed by atoms with Crippen molar-refractivity contribution in [2.75, 3.05) is 20.1 Å². The summed E-state index contributed by atoms with van der Waals surface area (Å²) in [5, 5.41) is 14.7. The van der Waals surface area contributed by atoms with Gasteiger partial charge in [0.2, 0.25) is 0 Å². The average molecular weight is 227 g/mol. The Labute approximate surface area is 98.0 Å². The fourth-order valence-electron chi connectivity index (χ4n) is 1.99. The molecule has 1 radical (unpaired) electrons. The molecule has 4 heteroatoms. The number of rotatable bonds is 2. The number of nitrogens with zero attached hydrogens (tertiary/aromatic N) is 1. The quantitative estimate of drug-likeness (QED) is 0.766. The minimum Gasteiger partial charge on any atom is -0.349 e. The second-order valence-electron chi connectivity index (χ2n) is 5.80. The maximum atomic E-state index is 11.9. The highest BCUT2D eigenvalue weighted by molar-refractivity contribution is 5.81. The van der Waals surface area contributed by atoms with Crippen LogP contribution in [-0.2, 0) is 9.90 Å². The van der Waals surface area contributed by atoms with Crippen molar-refractivity contribution in [3.05, 3.63) is 0 Å². The van der Waals surface area contributed by atoms with E-state index in [4.69, 9.17) is 0 Å². The average Bonchev–Trinajstić information content (AvgIpc) is 2.15. The van der Waals surface area contributed by atoms with Crippen molar-refractivity contribution in [2.45, 2.75) is 45.3 Å². The normalized spacial score (nSPS) is 21.8. The van der Waals surface area contributed by atoms with E-state index in [1.165, 1.54) is 0 Å². The monoisotopic (exact) mass is 227 g/mol. The van der Waals surface area contributed by atoms with Crippen molar-refractivity contribution in [1.29, 1.82) is 0 Å². The standard InChI is InChI=1S/C12H23N2O2/c1-12(2,3)13-11(16)10(15)9-5-7-14(4)8-6-9/h9-10H,5-8H2,1-4H3,(H,13,16). The van der Waals surface area contributed by atoms with Gasteiger partial charge in [-0.25, -0.2) is 5.11 Å². The van der Waals surface area contributed by atoms with Crippen molar-refractivity contribution in [3.8, 4) is 0 Å². The topological polar surface area (TPSA) is 52.2 Å². The van der Waals surface area contributed by atoms with Crippen LogP contribution in [0.4, 0.5) is 0 Å². The third-order valence-corrected chi connectivity index (χ3v) is 2.95. The molecule has 1 atom stereocenters. The van der Waals surface area contributed by atoms with E-state index < -0.39 is 6.10 Å². The third-order valence-electron chi connectivity index (χ3n) is 2.95. The molecule has 4 nitrogen and oxygen atoms in total. The van der Waals surface area contributed by atoms with Gasteiger partial charge in [0.05, 0.1) is 0 Å². The van der Waals surface area contributed by atoms with E-state index in [2.05, 4.69) is 10.2 Å². The van der Waals surface area contributed by atoms with Gasteiger partial charge in [-0.05, 0) is 59.7 Å². The van der Waals surface area contributed by atoms with Gasteiger partial charge in [0.15, 0.2) is 6.10 Å². The van der Waals surface area contributed by atoms with Crippen LogP contribution < -0.4 is 5.32 Å². The van der Waals surface area contributed by atoms with Crippen LogP contribution in [0.25, 0.3) is 0 Å². The van der Waals surface area contributed by atoms with E-state index in [1.807, 2.05) is 27.8 Å². The van der Waals surface area contributed by atoms with Gasteiger partial charge < -0.3 is 10.2 Å². The van der Waals surface area contributed by atoms with E-state index in [0.717, 1.165) is 25.9 Å². The van der Waals surface area contributed by atoms with Crippen LogP contribution in [0.15, 0.2) is 0 Å². The molecule has 0 aromatic carbocycles. The molecule has 1 aliphatic heterocycles. The highest BCUT2D eigenvalue weighted by atomic mass is 16.3. The van der Waals surface area contributed by atoms with Gasteiger partial charge in [-0.3, -0.25) is 4.79 Å². The Morgan fingerprint density at radius 3 is 2.25 bits per heavy atom. The first-order valence-corrected chi connectivity index (χ1v) is 5.96. The van der Waals surface area contributed by atoms with Gasteiger partial charge in [-0.1, -0.05) is 0 Å². The van der Waals surface area contributed by atoms with Crippen LogP contribution in [0.2, 0.25) is 0 Å². The molecule has 1 unspecified atom stereocenters. The Hall–Kier alpha value is -0.610. The maximum Gasteiger partial charge on any atom is 0.253 e. The van der Waals surface area contributed by atoms with Crippen molar-refractivity contribution in [3.63, 3.8) is 0 Å². The SMILES string of the molecule is CN1CCC(C([O])C(=O)NC(C)(C)C)CC1. The molecule has 0 aromatic rings. The summed E-state index contributed by atoms with van der Waals surface area (Å²) in [5.74, 6) is -0.347. The largest absolute Gasteiger partial charge is 0.349 e. The highest BCUT2D eigenvalue weighted by Crippen LogP contribution is 2.20. The molecular formula is C12H23N2O2. The highest BCUT2D eigenvalue weighted by Gasteiger charge is 2.31. The second-order valence-corrected chi connectivity index (χ2v) is 5.80. The lowest BCUT2D eigenvalue weighted by molar-refractivity contribution is -0.139. The minimum absolute atomic E-state index is 0.00134. The first kappa shape index (κ1) is 13.5. The van der Waals surface area contributed by atoms with Crippen LogP contribution in [0.5, 0.6) is 0 Å². The van der Waals surface area contributed by atoms with Gasteiger partial charge in [0, 0.05) is 5.54 Å². The number of amides is 1. The summed E-state index contributed by atoms with van der Waals surface area (Å²) in [6, 6.07) is 0. The summed E-state index contributed by atoms with van der Waals surface area (Å²) in [7, 11) is 2.05.